The highest BCUT2D eigenvalue weighted by atomic mass is 16.1. The van der Waals surface area contributed by atoms with E-state index >= 15 is 0 Å². The third-order valence-corrected chi connectivity index (χ3v) is 4.18. The van der Waals surface area contributed by atoms with Gasteiger partial charge in [0.05, 0.1) is 5.69 Å². The predicted octanol–water partition coefficient (Wildman–Crippen LogP) is 2.03. The van der Waals surface area contributed by atoms with Gasteiger partial charge in [-0.05, 0) is 36.3 Å². The molecule has 110 valence electrons. The number of hydrogen-bond donors (Lipinski definition) is 2. The normalized spacial score (nSPS) is 17.2. The Hall–Kier alpha value is -1.78. The summed E-state index contributed by atoms with van der Waals surface area (Å²) in [6, 6.07) is 3.28. The van der Waals surface area contributed by atoms with Gasteiger partial charge in [0, 0.05) is 13.1 Å². The van der Waals surface area contributed by atoms with E-state index in [-0.39, 0.29) is 5.69 Å². The Morgan fingerprint density at radius 3 is 2.40 bits per heavy atom. The van der Waals surface area contributed by atoms with E-state index in [1.165, 1.54) is 0 Å². The average Bonchev–Trinajstić information content (AvgIpc) is 2.38. The second-order valence-corrected chi connectivity index (χ2v) is 6.60. The van der Waals surface area contributed by atoms with E-state index in [9.17, 15) is 4.79 Å². The van der Waals surface area contributed by atoms with Crippen LogP contribution in [0.4, 0.5) is 11.5 Å². The van der Waals surface area contributed by atoms with Crippen LogP contribution in [0.2, 0.25) is 0 Å². The number of rotatable bonds is 2. The highest BCUT2D eigenvalue weighted by Gasteiger charge is 2.29. The molecule has 5 nitrogen and oxygen atoms in total. The van der Waals surface area contributed by atoms with E-state index in [2.05, 4.69) is 30.7 Å². The molecule has 0 atom stereocenters. The first-order valence-electron chi connectivity index (χ1n) is 7.10. The first kappa shape index (κ1) is 14.6. The molecule has 0 spiro atoms. The molecule has 1 fully saturated rings. The van der Waals surface area contributed by atoms with Crippen LogP contribution in [0.3, 0.4) is 0 Å². The SMILES string of the molecule is CC(C)(C)C1CCN(c2nc(C(N)=O)ccc2N)CC1. The van der Waals surface area contributed by atoms with E-state index in [0.717, 1.165) is 25.9 Å². The number of anilines is 2. The topological polar surface area (TPSA) is 85.2 Å². The molecule has 4 N–H and O–H groups in total. The Bertz CT molecular complexity index is 499. The molecule has 0 aromatic carbocycles. The van der Waals surface area contributed by atoms with Crippen LogP contribution in [-0.4, -0.2) is 24.0 Å². The molecule has 1 amide bonds. The Morgan fingerprint density at radius 2 is 1.90 bits per heavy atom. The zero-order valence-corrected chi connectivity index (χ0v) is 12.5. The number of nitrogens with zero attached hydrogens (tertiary/aromatic N) is 2. The van der Waals surface area contributed by atoms with Crippen molar-refractivity contribution in [3.8, 4) is 0 Å². The van der Waals surface area contributed by atoms with Gasteiger partial charge in [-0.25, -0.2) is 4.98 Å². The van der Waals surface area contributed by atoms with Crippen molar-refractivity contribution in [1.82, 2.24) is 4.98 Å². The van der Waals surface area contributed by atoms with Crippen molar-refractivity contribution in [3.05, 3.63) is 17.8 Å². The molecule has 1 aliphatic heterocycles. The minimum absolute atomic E-state index is 0.271. The van der Waals surface area contributed by atoms with Gasteiger partial charge in [0.2, 0.25) is 0 Å². The van der Waals surface area contributed by atoms with Gasteiger partial charge < -0.3 is 16.4 Å². The summed E-state index contributed by atoms with van der Waals surface area (Å²) >= 11 is 0. The van der Waals surface area contributed by atoms with Crippen LogP contribution in [0.1, 0.15) is 44.1 Å². The van der Waals surface area contributed by atoms with Crippen LogP contribution >= 0.6 is 0 Å². The molecule has 1 saturated heterocycles. The Morgan fingerprint density at radius 1 is 1.30 bits per heavy atom. The van der Waals surface area contributed by atoms with E-state index in [0.29, 0.717) is 22.8 Å². The molecular formula is C15H24N4O. The molecule has 2 rings (SSSR count). The fraction of sp³-hybridized carbons (Fsp3) is 0.600. The lowest BCUT2D eigenvalue weighted by Crippen LogP contribution is -2.39. The van der Waals surface area contributed by atoms with Gasteiger partial charge in [-0.2, -0.15) is 0 Å². The summed E-state index contributed by atoms with van der Waals surface area (Å²) in [6.07, 6.45) is 2.23. The van der Waals surface area contributed by atoms with Crippen molar-refractivity contribution in [2.24, 2.45) is 17.1 Å². The zero-order chi connectivity index (χ0) is 14.9. The lowest BCUT2D eigenvalue weighted by Gasteiger charge is -2.39. The molecule has 0 radical (unpaired) electrons. The standard InChI is InChI=1S/C15H24N4O/c1-15(2,3)10-6-8-19(9-7-10)14-11(16)4-5-12(18-14)13(17)20/h4-5,10H,6-9,16H2,1-3H3,(H2,17,20). The average molecular weight is 276 g/mol. The Kier molecular flexibility index (Phi) is 3.88. The van der Waals surface area contributed by atoms with Gasteiger partial charge >= 0.3 is 0 Å². The van der Waals surface area contributed by atoms with Crippen molar-refractivity contribution < 1.29 is 4.79 Å². The van der Waals surface area contributed by atoms with Crippen LogP contribution in [-0.2, 0) is 0 Å². The van der Waals surface area contributed by atoms with Gasteiger partial charge in [0.15, 0.2) is 5.82 Å². The quantitative estimate of drug-likeness (QED) is 0.865. The smallest absolute Gasteiger partial charge is 0.267 e. The van der Waals surface area contributed by atoms with Crippen LogP contribution in [0.15, 0.2) is 12.1 Å². The minimum Gasteiger partial charge on any atom is -0.396 e. The molecule has 1 aliphatic rings. The Balaban J connectivity index is 2.14. The molecule has 2 heterocycles. The number of amides is 1. The van der Waals surface area contributed by atoms with E-state index < -0.39 is 5.91 Å². The van der Waals surface area contributed by atoms with Gasteiger partial charge in [-0.15, -0.1) is 0 Å². The lowest BCUT2D eigenvalue weighted by molar-refractivity contribution is 0.0995. The third kappa shape index (κ3) is 3.03. The summed E-state index contributed by atoms with van der Waals surface area (Å²) in [4.78, 5) is 17.7. The number of carbonyl (C=O) groups excluding carboxylic acids is 1. The molecule has 0 bridgehead atoms. The zero-order valence-electron chi connectivity index (χ0n) is 12.5. The number of aromatic nitrogens is 1. The summed E-state index contributed by atoms with van der Waals surface area (Å²) in [7, 11) is 0. The van der Waals surface area contributed by atoms with Crippen molar-refractivity contribution in [2.75, 3.05) is 23.7 Å². The second kappa shape index (κ2) is 5.31. The fourth-order valence-corrected chi connectivity index (χ4v) is 2.81. The summed E-state index contributed by atoms with van der Waals surface area (Å²) in [6.45, 7) is 8.69. The number of nitrogens with two attached hydrogens (primary N) is 2. The largest absolute Gasteiger partial charge is 0.396 e. The van der Waals surface area contributed by atoms with E-state index in [4.69, 9.17) is 11.5 Å². The number of piperidine rings is 1. The maximum atomic E-state index is 11.2. The maximum absolute atomic E-state index is 11.2. The molecule has 0 saturated carbocycles. The first-order chi connectivity index (χ1) is 9.29. The summed E-state index contributed by atoms with van der Waals surface area (Å²) < 4.78 is 0. The number of pyridine rings is 1. The van der Waals surface area contributed by atoms with Crippen LogP contribution in [0, 0.1) is 11.3 Å². The molecule has 0 aliphatic carbocycles. The van der Waals surface area contributed by atoms with Gasteiger partial charge in [-0.1, -0.05) is 20.8 Å². The number of hydrogen-bond acceptors (Lipinski definition) is 4. The third-order valence-electron chi connectivity index (χ3n) is 4.18. The molecular weight excluding hydrogens is 252 g/mol. The van der Waals surface area contributed by atoms with E-state index in [1.807, 2.05) is 0 Å². The molecule has 1 aromatic heterocycles. The fourth-order valence-electron chi connectivity index (χ4n) is 2.81. The molecule has 20 heavy (non-hydrogen) atoms. The minimum atomic E-state index is -0.518. The highest BCUT2D eigenvalue weighted by Crippen LogP contribution is 2.36. The lowest BCUT2D eigenvalue weighted by atomic mass is 9.75. The van der Waals surface area contributed by atoms with E-state index in [1.54, 1.807) is 12.1 Å². The van der Waals surface area contributed by atoms with Crippen molar-refractivity contribution in [1.29, 1.82) is 0 Å². The van der Waals surface area contributed by atoms with Gasteiger partial charge in [0.25, 0.3) is 5.91 Å². The number of nitrogen functional groups attached to an aromatic ring is 1. The van der Waals surface area contributed by atoms with Crippen LogP contribution in [0.25, 0.3) is 0 Å². The molecule has 0 unspecified atom stereocenters. The van der Waals surface area contributed by atoms with Crippen LogP contribution < -0.4 is 16.4 Å². The number of carbonyl (C=O) groups is 1. The summed E-state index contributed by atoms with van der Waals surface area (Å²) in [5.41, 5.74) is 12.5. The van der Waals surface area contributed by atoms with Crippen molar-refractivity contribution in [3.63, 3.8) is 0 Å². The molecule has 5 heteroatoms. The second-order valence-electron chi connectivity index (χ2n) is 6.60. The van der Waals surface area contributed by atoms with Crippen LogP contribution in [0.5, 0.6) is 0 Å². The Labute approximate surface area is 120 Å². The maximum Gasteiger partial charge on any atom is 0.267 e. The van der Waals surface area contributed by atoms with Crippen molar-refractivity contribution >= 4 is 17.4 Å². The number of primary amides is 1. The predicted molar refractivity (Wildman–Crippen MR) is 81.6 cm³/mol. The highest BCUT2D eigenvalue weighted by molar-refractivity contribution is 5.91. The van der Waals surface area contributed by atoms with Gasteiger partial charge in [-0.3, -0.25) is 4.79 Å². The summed E-state index contributed by atoms with van der Waals surface area (Å²) in [5, 5.41) is 0. The molecule has 1 aromatic rings. The van der Waals surface area contributed by atoms with Crippen molar-refractivity contribution in [2.45, 2.75) is 33.6 Å². The monoisotopic (exact) mass is 276 g/mol. The first-order valence-corrected chi connectivity index (χ1v) is 7.10. The summed E-state index contributed by atoms with van der Waals surface area (Å²) in [5.74, 6) is 0.879. The van der Waals surface area contributed by atoms with Gasteiger partial charge in [0.1, 0.15) is 5.69 Å².